The Morgan fingerprint density at radius 2 is 2.14 bits per heavy atom. The van der Waals surface area contributed by atoms with E-state index < -0.39 is 0 Å². The molecule has 7 nitrogen and oxygen atoms in total. The van der Waals surface area contributed by atoms with Gasteiger partial charge >= 0.3 is 0 Å². The van der Waals surface area contributed by atoms with Gasteiger partial charge in [-0.05, 0) is 36.9 Å². The van der Waals surface area contributed by atoms with Crippen molar-refractivity contribution >= 4 is 22.9 Å². The summed E-state index contributed by atoms with van der Waals surface area (Å²) in [6, 6.07) is 12.6. The third kappa shape index (κ3) is 4.63. The largest absolute Gasteiger partial charge is 0.414 e. The van der Waals surface area contributed by atoms with Gasteiger partial charge in [-0.15, -0.1) is 21.5 Å². The van der Waals surface area contributed by atoms with E-state index in [1.165, 1.54) is 0 Å². The zero-order valence-electron chi connectivity index (χ0n) is 15.8. The molecule has 3 rings (SSSR count). The van der Waals surface area contributed by atoms with Gasteiger partial charge in [-0.25, -0.2) is 0 Å². The lowest BCUT2D eigenvalue weighted by molar-refractivity contribution is -0.928. The Morgan fingerprint density at radius 1 is 1.32 bits per heavy atom. The van der Waals surface area contributed by atoms with Crippen LogP contribution in [0.1, 0.15) is 31.7 Å². The third-order valence-electron chi connectivity index (χ3n) is 4.46. The number of para-hydroxylation sites is 1. The molecule has 1 amide bonds. The first-order valence-electron chi connectivity index (χ1n) is 9.13. The second kappa shape index (κ2) is 9.26. The van der Waals surface area contributed by atoms with Crippen LogP contribution in [0, 0.1) is 11.3 Å². The quantitative estimate of drug-likeness (QED) is 0.610. The van der Waals surface area contributed by atoms with Crippen LogP contribution in [-0.4, -0.2) is 28.7 Å². The smallest absolute Gasteiger partial charge is 0.282 e. The molecule has 0 aliphatic rings. The summed E-state index contributed by atoms with van der Waals surface area (Å²) in [6.07, 6.45) is 0.910. The van der Waals surface area contributed by atoms with E-state index in [0.29, 0.717) is 29.6 Å². The standard InChI is InChI=1S/C20H21N5O2S/c1-3-10-25(13-18-23-24-20(27-18)17-9-6-11-28-17)14(2)19(26)22-16-8-5-4-7-15(16)12-21/h4-9,11,14H,3,10,13H2,1-2H3,(H,22,26)/p+1/t14-/m1/s1. The fourth-order valence-electron chi connectivity index (χ4n) is 2.91. The monoisotopic (exact) mass is 396 g/mol. The van der Waals surface area contributed by atoms with E-state index in [4.69, 9.17) is 4.42 Å². The molecule has 1 unspecified atom stereocenters. The summed E-state index contributed by atoms with van der Waals surface area (Å²) in [4.78, 5) is 14.7. The Morgan fingerprint density at radius 3 is 2.86 bits per heavy atom. The van der Waals surface area contributed by atoms with Gasteiger partial charge in [0.05, 0.1) is 22.7 Å². The van der Waals surface area contributed by atoms with E-state index in [1.54, 1.807) is 35.6 Å². The Hall–Kier alpha value is -3.02. The number of thiophene rings is 1. The Bertz CT molecular complexity index is 961. The SMILES string of the molecule is CCC[NH+](Cc1nnc(-c2cccs2)o1)[C@H](C)C(=O)Nc1ccccc1C#N. The Labute approximate surface area is 167 Å². The van der Waals surface area contributed by atoms with Crippen LogP contribution >= 0.6 is 11.3 Å². The molecule has 0 fully saturated rings. The normalized spacial score (nSPS) is 12.9. The Kier molecular flexibility index (Phi) is 6.53. The highest BCUT2D eigenvalue weighted by Gasteiger charge is 2.27. The van der Waals surface area contributed by atoms with Crippen molar-refractivity contribution in [3.05, 3.63) is 53.2 Å². The molecule has 8 heteroatoms. The van der Waals surface area contributed by atoms with E-state index in [0.717, 1.165) is 22.7 Å². The average Bonchev–Trinajstić information content (AvgIpc) is 3.39. The van der Waals surface area contributed by atoms with Crippen molar-refractivity contribution in [2.24, 2.45) is 0 Å². The maximum Gasteiger partial charge on any atom is 0.282 e. The first kappa shape index (κ1) is 19.7. The van der Waals surface area contributed by atoms with Crippen molar-refractivity contribution in [3.63, 3.8) is 0 Å². The fourth-order valence-corrected chi connectivity index (χ4v) is 3.56. The predicted molar refractivity (Wildman–Crippen MR) is 107 cm³/mol. The second-order valence-electron chi connectivity index (χ2n) is 6.43. The molecule has 2 aromatic heterocycles. The third-order valence-corrected chi connectivity index (χ3v) is 5.32. The zero-order valence-corrected chi connectivity index (χ0v) is 16.6. The number of carbonyl (C=O) groups excluding carboxylic acids is 1. The number of anilines is 1. The van der Waals surface area contributed by atoms with Crippen LogP contribution in [0.2, 0.25) is 0 Å². The van der Waals surface area contributed by atoms with Gasteiger partial charge in [-0.3, -0.25) is 4.79 Å². The molecular formula is C20H22N5O2S+. The summed E-state index contributed by atoms with van der Waals surface area (Å²) in [6.45, 7) is 5.18. The topological polar surface area (TPSA) is 96.2 Å². The van der Waals surface area contributed by atoms with Gasteiger partial charge in [0.15, 0.2) is 12.6 Å². The predicted octanol–water partition coefficient (Wildman–Crippen LogP) is 2.49. The molecule has 0 bridgehead atoms. The summed E-state index contributed by atoms with van der Waals surface area (Å²) in [5, 5.41) is 22.3. The van der Waals surface area contributed by atoms with E-state index >= 15 is 0 Å². The summed E-state index contributed by atoms with van der Waals surface area (Å²) >= 11 is 1.54. The zero-order chi connectivity index (χ0) is 19.9. The highest BCUT2D eigenvalue weighted by atomic mass is 32.1. The molecule has 3 aromatic rings. The van der Waals surface area contributed by atoms with Crippen LogP contribution < -0.4 is 10.2 Å². The van der Waals surface area contributed by atoms with Gasteiger partial charge < -0.3 is 14.6 Å². The summed E-state index contributed by atoms with van der Waals surface area (Å²) in [5.74, 6) is 0.856. The maximum atomic E-state index is 12.8. The molecule has 2 heterocycles. The molecule has 2 atom stereocenters. The summed E-state index contributed by atoms with van der Waals surface area (Å²) in [7, 11) is 0. The molecule has 0 radical (unpaired) electrons. The van der Waals surface area contributed by atoms with Crippen LogP contribution in [-0.2, 0) is 11.3 Å². The first-order chi connectivity index (χ1) is 13.6. The van der Waals surface area contributed by atoms with Crippen molar-refractivity contribution in [1.29, 1.82) is 5.26 Å². The molecule has 0 aliphatic heterocycles. The van der Waals surface area contributed by atoms with Crippen molar-refractivity contribution < 1.29 is 14.1 Å². The molecule has 0 saturated heterocycles. The number of nitrogens with zero attached hydrogens (tertiary/aromatic N) is 3. The number of benzene rings is 1. The average molecular weight is 396 g/mol. The van der Waals surface area contributed by atoms with Crippen molar-refractivity contribution in [2.45, 2.75) is 32.9 Å². The van der Waals surface area contributed by atoms with Gasteiger partial charge in [-0.2, -0.15) is 5.26 Å². The van der Waals surface area contributed by atoms with Crippen LogP contribution in [0.25, 0.3) is 10.8 Å². The molecule has 28 heavy (non-hydrogen) atoms. The lowest BCUT2D eigenvalue weighted by Gasteiger charge is -2.23. The number of nitriles is 1. The number of aromatic nitrogens is 2. The van der Waals surface area contributed by atoms with Crippen LogP contribution in [0.5, 0.6) is 0 Å². The van der Waals surface area contributed by atoms with Crippen LogP contribution in [0.3, 0.4) is 0 Å². The van der Waals surface area contributed by atoms with Gasteiger partial charge in [-0.1, -0.05) is 25.1 Å². The number of amides is 1. The second-order valence-corrected chi connectivity index (χ2v) is 7.38. The highest BCUT2D eigenvalue weighted by molar-refractivity contribution is 7.13. The first-order valence-corrected chi connectivity index (χ1v) is 10.0. The van der Waals surface area contributed by atoms with Gasteiger partial charge in [0.25, 0.3) is 17.7 Å². The fraction of sp³-hybridized carbons (Fsp3) is 0.300. The molecule has 1 aromatic carbocycles. The number of hydrogen-bond acceptors (Lipinski definition) is 6. The molecule has 0 saturated carbocycles. The minimum absolute atomic E-state index is 0.149. The van der Waals surface area contributed by atoms with Gasteiger partial charge in [0.2, 0.25) is 0 Å². The highest BCUT2D eigenvalue weighted by Crippen LogP contribution is 2.22. The van der Waals surface area contributed by atoms with E-state index in [9.17, 15) is 10.1 Å². The molecule has 0 spiro atoms. The minimum Gasteiger partial charge on any atom is -0.414 e. The lowest BCUT2D eigenvalue weighted by Crippen LogP contribution is -3.15. The number of nitrogens with one attached hydrogen (secondary N) is 2. The minimum atomic E-state index is -0.344. The van der Waals surface area contributed by atoms with Gasteiger partial charge in [0, 0.05) is 0 Å². The van der Waals surface area contributed by atoms with Crippen molar-refractivity contribution in [3.8, 4) is 16.8 Å². The number of carbonyl (C=O) groups is 1. The Balaban J connectivity index is 1.70. The lowest BCUT2D eigenvalue weighted by atomic mass is 10.1. The molecular weight excluding hydrogens is 374 g/mol. The summed E-state index contributed by atoms with van der Waals surface area (Å²) < 4.78 is 5.78. The number of rotatable bonds is 8. The number of hydrogen-bond donors (Lipinski definition) is 2. The van der Waals surface area contributed by atoms with Crippen LogP contribution in [0.15, 0.2) is 46.2 Å². The molecule has 144 valence electrons. The van der Waals surface area contributed by atoms with E-state index in [2.05, 4.69) is 28.5 Å². The molecule has 2 N–H and O–H groups in total. The van der Waals surface area contributed by atoms with Crippen LogP contribution in [0.4, 0.5) is 5.69 Å². The van der Waals surface area contributed by atoms with Crippen molar-refractivity contribution in [1.82, 2.24) is 10.2 Å². The van der Waals surface area contributed by atoms with Crippen molar-refractivity contribution in [2.75, 3.05) is 11.9 Å². The number of quaternary nitrogens is 1. The van der Waals surface area contributed by atoms with Gasteiger partial charge in [0.1, 0.15) is 6.07 Å². The maximum absolute atomic E-state index is 12.8. The van der Waals surface area contributed by atoms with E-state index in [1.807, 2.05) is 24.4 Å². The summed E-state index contributed by atoms with van der Waals surface area (Å²) in [5.41, 5.74) is 0.966. The molecule has 0 aliphatic carbocycles. The van der Waals surface area contributed by atoms with E-state index in [-0.39, 0.29) is 11.9 Å².